The van der Waals surface area contributed by atoms with Gasteiger partial charge in [-0.1, -0.05) is 36.4 Å². The van der Waals surface area contributed by atoms with Crippen molar-refractivity contribution in [1.29, 1.82) is 5.26 Å². The van der Waals surface area contributed by atoms with E-state index in [0.717, 1.165) is 22.4 Å². The van der Waals surface area contributed by atoms with Crippen LogP contribution >= 0.6 is 0 Å². The van der Waals surface area contributed by atoms with Crippen LogP contribution in [0, 0.1) is 18.3 Å². The number of pyridine rings is 1. The number of aromatic nitrogens is 1. The number of hydrogen-bond donors (Lipinski definition) is 1. The van der Waals surface area contributed by atoms with E-state index < -0.39 is 11.9 Å². The highest BCUT2D eigenvalue weighted by Crippen LogP contribution is 2.49. The molecule has 2 aromatic carbocycles. The first-order valence-electron chi connectivity index (χ1n) is 11.4. The van der Waals surface area contributed by atoms with Crippen LogP contribution in [0.5, 0.6) is 11.6 Å². The Morgan fingerprint density at radius 3 is 2.63 bits per heavy atom. The lowest BCUT2D eigenvalue weighted by molar-refractivity contribution is -0.140. The highest BCUT2D eigenvalue weighted by molar-refractivity contribution is 5.95. The zero-order valence-electron chi connectivity index (χ0n) is 20.2. The number of nitriles is 1. The van der Waals surface area contributed by atoms with E-state index in [-0.39, 0.29) is 6.61 Å². The molecule has 0 saturated carbocycles. The number of benzene rings is 2. The smallest absolute Gasteiger partial charge is 0.337 e. The summed E-state index contributed by atoms with van der Waals surface area (Å²) < 4.78 is 17.3. The van der Waals surface area contributed by atoms with Gasteiger partial charge in [-0.2, -0.15) is 5.26 Å². The number of hydrogen-bond acceptors (Lipinski definition) is 7. The van der Waals surface area contributed by atoms with Gasteiger partial charge in [0.15, 0.2) is 0 Å². The maximum atomic E-state index is 13.6. The summed E-state index contributed by atoms with van der Waals surface area (Å²) in [6.07, 6.45) is 1.75. The first kappa shape index (κ1) is 23.8. The minimum absolute atomic E-state index is 0.144. The van der Waals surface area contributed by atoms with E-state index in [2.05, 4.69) is 16.4 Å². The van der Waals surface area contributed by atoms with Gasteiger partial charge in [-0.15, -0.1) is 0 Å². The number of nitrogens with zero attached hydrogens (tertiary/aromatic N) is 2. The van der Waals surface area contributed by atoms with Crippen molar-refractivity contribution >= 4 is 11.7 Å². The number of aryl methyl sites for hydroxylation is 1. The molecule has 0 aliphatic carbocycles. The number of carbonyl (C=O) groups is 1. The number of rotatable bonds is 7. The van der Waals surface area contributed by atoms with Crippen molar-refractivity contribution in [3.05, 3.63) is 93.8 Å². The van der Waals surface area contributed by atoms with E-state index in [4.69, 9.17) is 14.2 Å². The van der Waals surface area contributed by atoms with Crippen molar-refractivity contribution in [2.45, 2.75) is 33.3 Å². The van der Waals surface area contributed by atoms with Crippen molar-refractivity contribution in [3.63, 3.8) is 0 Å². The highest BCUT2D eigenvalue weighted by Gasteiger charge is 2.38. The van der Waals surface area contributed by atoms with Gasteiger partial charge < -0.3 is 19.5 Å². The molecule has 1 N–H and O–H groups in total. The van der Waals surface area contributed by atoms with Crippen LogP contribution in [0.2, 0.25) is 0 Å². The number of carbonyl (C=O) groups excluding carboxylic acids is 1. The molecule has 0 bridgehead atoms. The summed E-state index contributed by atoms with van der Waals surface area (Å²) in [4.78, 5) is 18.1. The number of methoxy groups -OCH3 is 1. The molecule has 0 fully saturated rings. The third-order valence-electron chi connectivity index (χ3n) is 5.95. The summed E-state index contributed by atoms with van der Waals surface area (Å²) in [5.41, 5.74) is 5.65. The Labute approximate surface area is 205 Å². The summed E-state index contributed by atoms with van der Waals surface area (Å²) in [6, 6.07) is 16.9. The molecule has 1 aliphatic heterocycles. The maximum absolute atomic E-state index is 13.6. The number of ether oxygens (including phenoxy) is 3. The van der Waals surface area contributed by atoms with E-state index in [1.807, 2.05) is 57.2 Å². The van der Waals surface area contributed by atoms with Crippen molar-refractivity contribution in [2.24, 2.45) is 0 Å². The molecule has 0 unspecified atom stereocenters. The lowest BCUT2D eigenvalue weighted by atomic mass is 9.79. The van der Waals surface area contributed by atoms with Crippen LogP contribution in [0.4, 0.5) is 5.69 Å². The van der Waals surface area contributed by atoms with Crippen molar-refractivity contribution in [1.82, 2.24) is 4.98 Å². The molecule has 0 saturated heterocycles. The molecule has 0 spiro atoms. The average molecular weight is 470 g/mol. The fraction of sp³-hybridized carbons (Fsp3) is 0.250. The van der Waals surface area contributed by atoms with Crippen LogP contribution in [0.1, 0.15) is 47.6 Å². The Morgan fingerprint density at radius 1 is 1.17 bits per heavy atom. The second-order valence-corrected chi connectivity index (χ2v) is 8.20. The molecule has 0 amide bonds. The minimum Gasteiger partial charge on any atom is -0.496 e. The Morgan fingerprint density at radius 2 is 1.94 bits per heavy atom. The van der Waals surface area contributed by atoms with Gasteiger partial charge in [0.2, 0.25) is 5.88 Å². The maximum Gasteiger partial charge on any atom is 0.337 e. The molecular formula is C28H27N3O4. The Bertz CT molecular complexity index is 1330. The lowest BCUT2D eigenvalue weighted by Gasteiger charge is -2.32. The number of esters is 1. The molecule has 0 radical (unpaired) electrons. The van der Waals surface area contributed by atoms with E-state index >= 15 is 0 Å². The third-order valence-corrected chi connectivity index (χ3v) is 5.95. The molecule has 2 heterocycles. The zero-order chi connectivity index (χ0) is 24.9. The van der Waals surface area contributed by atoms with Crippen LogP contribution < -0.4 is 14.8 Å². The van der Waals surface area contributed by atoms with Crippen LogP contribution in [0.3, 0.4) is 0 Å². The monoisotopic (exact) mass is 469 g/mol. The van der Waals surface area contributed by atoms with Gasteiger partial charge in [0, 0.05) is 17.5 Å². The van der Waals surface area contributed by atoms with E-state index in [9.17, 15) is 10.1 Å². The van der Waals surface area contributed by atoms with Gasteiger partial charge in [-0.05, 0) is 44.0 Å². The number of allylic oxidation sites excluding steroid dienone is 1. The normalized spacial score (nSPS) is 14.4. The fourth-order valence-electron chi connectivity index (χ4n) is 4.31. The summed E-state index contributed by atoms with van der Waals surface area (Å²) in [5.74, 6) is -0.110. The van der Waals surface area contributed by atoms with Crippen LogP contribution in [-0.2, 0) is 16.1 Å². The molecule has 3 aromatic rings. The van der Waals surface area contributed by atoms with Gasteiger partial charge >= 0.3 is 5.97 Å². The number of fused-ring (bicyclic) bond motifs is 1. The molecule has 7 heteroatoms. The van der Waals surface area contributed by atoms with E-state index in [1.54, 1.807) is 25.4 Å². The van der Waals surface area contributed by atoms with Crippen molar-refractivity contribution in [2.75, 3.05) is 19.0 Å². The molecule has 1 aliphatic rings. The highest BCUT2D eigenvalue weighted by atomic mass is 16.5. The minimum atomic E-state index is -0.578. The van der Waals surface area contributed by atoms with Gasteiger partial charge in [-0.3, -0.25) is 0 Å². The molecule has 1 atom stereocenters. The van der Waals surface area contributed by atoms with E-state index in [1.165, 1.54) is 0 Å². The van der Waals surface area contributed by atoms with Gasteiger partial charge in [0.05, 0.1) is 48.1 Å². The second-order valence-electron chi connectivity index (χ2n) is 8.20. The molecule has 178 valence electrons. The molecule has 4 rings (SSSR count). The lowest BCUT2D eigenvalue weighted by Crippen LogP contribution is -2.26. The molecule has 7 nitrogen and oxygen atoms in total. The average Bonchev–Trinajstić information content (AvgIpc) is 2.88. The van der Waals surface area contributed by atoms with Crippen LogP contribution in [0.15, 0.2) is 66.0 Å². The first-order valence-corrected chi connectivity index (χ1v) is 11.4. The van der Waals surface area contributed by atoms with Gasteiger partial charge in [0.1, 0.15) is 12.4 Å². The quantitative estimate of drug-likeness (QED) is 0.473. The summed E-state index contributed by atoms with van der Waals surface area (Å²) in [5, 5.41) is 12.8. The fourth-order valence-corrected chi connectivity index (χ4v) is 4.31. The van der Waals surface area contributed by atoms with Gasteiger partial charge in [0.25, 0.3) is 0 Å². The van der Waals surface area contributed by atoms with Gasteiger partial charge in [-0.25, -0.2) is 9.78 Å². The van der Waals surface area contributed by atoms with Crippen molar-refractivity contribution < 1.29 is 19.0 Å². The predicted octanol–water partition coefficient (Wildman–Crippen LogP) is 5.24. The second kappa shape index (κ2) is 10.3. The largest absolute Gasteiger partial charge is 0.496 e. The number of nitrogens with one attached hydrogen (secondary N) is 1. The SMILES string of the molecule is CCOc1ncc(C)c2c1[C@@H](c1ccc(C#N)cc1OC)C(C(=O)OCc1ccccc1)=C(C)N2. The summed E-state index contributed by atoms with van der Waals surface area (Å²) in [6.45, 7) is 6.25. The Kier molecular flexibility index (Phi) is 7.02. The predicted molar refractivity (Wildman–Crippen MR) is 132 cm³/mol. The Balaban J connectivity index is 1.88. The van der Waals surface area contributed by atoms with Crippen LogP contribution in [0.25, 0.3) is 0 Å². The van der Waals surface area contributed by atoms with Crippen LogP contribution in [-0.4, -0.2) is 24.7 Å². The summed E-state index contributed by atoms with van der Waals surface area (Å²) in [7, 11) is 1.55. The first-order chi connectivity index (χ1) is 17.0. The Hall–Kier alpha value is -4.31. The standard InChI is InChI=1S/C28H27N3O4/c1-5-34-27-25-24(21-12-11-20(14-29)13-22(21)33-4)23(18(3)31-26(25)17(2)15-30-27)28(32)35-16-19-9-7-6-8-10-19/h6-13,15,24,31H,5,16H2,1-4H3/t24-/m0/s1. The molecule has 35 heavy (non-hydrogen) atoms. The molecular weight excluding hydrogens is 442 g/mol. The summed E-state index contributed by atoms with van der Waals surface area (Å²) >= 11 is 0. The zero-order valence-corrected chi connectivity index (χ0v) is 20.2. The van der Waals surface area contributed by atoms with E-state index in [0.29, 0.717) is 40.6 Å². The molecule has 1 aromatic heterocycles. The number of anilines is 1. The van der Waals surface area contributed by atoms with Crippen molar-refractivity contribution in [3.8, 4) is 17.7 Å². The topological polar surface area (TPSA) is 93.5 Å². The third kappa shape index (κ3) is 4.69.